The Hall–Kier alpha value is -0.990. The summed E-state index contributed by atoms with van der Waals surface area (Å²) in [7, 11) is 0. The van der Waals surface area contributed by atoms with Crippen molar-refractivity contribution in [2.45, 2.75) is 34.7 Å². The number of thioether (sulfide) groups is 1. The fraction of sp³-hybridized carbons (Fsp3) is 0.500. The molecule has 0 radical (unpaired) electrons. The van der Waals surface area contributed by atoms with E-state index in [0.717, 1.165) is 4.90 Å². The molecule has 2 rings (SSSR count). The van der Waals surface area contributed by atoms with E-state index in [1.165, 1.54) is 11.8 Å². The Morgan fingerprint density at radius 2 is 2.14 bits per heavy atom. The van der Waals surface area contributed by atoms with Crippen molar-refractivity contribution in [1.29, 1.82) is 0 Å². The van der Waals surface area contributed by atoms with E-state index < -0.39 is 36.4 Å². The maximum atomic E-state index is 10.2. The Morgan fingerprint density at radius 3 is 2.76 bits per heavy atom. The summed E-state index contributed by atoms with van der Waals surface area (Å²) in [5.74, 6) is 0. The zero-order valence-electron chi connectivity index (χ0n) is 10.8. The van der Waals surface area contributed by atoms with E-state index in [1.807, 2.05) is 0 Å². The Labute approximate surface area is 130 Å². The first-order valence-corrected chi connectivity index (χ1v) is 7.41. The fourth-order valence-corrected chi connectivity index (χ4v) is 3.41. The highest BCUT2D eigenvalue weighted by Gasteiger charge is 2.44. The number of benzene rings is 1. The molecule has 3 N–H and O–H groups in total. The Bertz CT molecular complexity index is 543. The number of azide groups is 1. The highest BCUT2D eigenvalue weighted by atomic mass is 35.5. The second-order valence-corrected chi connectivity index (χ2v) is 6.09. The van der Waals surface area contributed by atoms with Crippen molar-refractivity contribution in [2.24, 2.45) is 5.11 Å². The minimum atomic E-state index is -1.27. The number of halogens is 1. The molecule has 1 aromatic carbocycles. The summed E-state index contributed by atoms with van der Waals surface area (Å²) in [4.78, 5) is 3.37. The summed E-state index contributed by atoms with van der Waals surface area (Å²) >= 11 is 7.07. The van der Waals surface area contributed by atoms with Gasteiger partial charge in [0.05, 0.1) is 18.8 Å². The number of ether oxygens (including phenoxy) is 1. The van der Waals surface area contributed by atoms with Crippen LogP contribution in [0, 0.1) is 0 Å². The van der Waals surface area contributed by atoms with Crippen molar-refractivity contribution in [3.05, 3.63) is 39.7 Å². The highest BCUT2D eigenvalue weighted by Crippen LogP contribution is 2.35. The molecule has 5 atom stereocenters. The summed E-state index contributed by atoms with van der Waals surface area (Å²) in [5.41, 5.74) is 7.74. The normalized spacial score (nSPS) is 32.5. The van der Waals surface area contributed by atoms with E-state index in [-0.39, 0.29) is 0 Å². The number of aliphatic hydroxyl groups excluding tert-OH is 3. The summed E-state index contributed by atoms with van der Waals surface area (Å²) in [5, 5.41) is 33.3. The van der Waals surface area contributed by atoms with E-state index in [2.05, 4.69) is 10.0 Å². The molecule has 0 spiro atoms. The van der Waals surface area contributed by atoms with Gasteiger partial charge in [0.2, 0.25) is 0 Å². The topological polar surface area (TPSA) is 119 Å². The lowest BCUT2D eigenvalue weighted by molar-refractivity contribution is -0.159. The van der Waals surface area contributed by atoms with Crippen LogP contribution in [0.25, 0.3) is 10.4 Å². The van der Waals surface area contributed by atoms with E-state index >= 15 is 0 Å². The van der Waals surface area contributed by atoms with Crippen molar-refractivity contribution < 1.29 is 20.1 Å². The molecule has 0 saturated carbocycles. The van der Waals surface area contributed by atoms with Gasteiger partial charge in [0.25, 0.3) is 0 Å². The molecule has 0 bridgehead atoms. The molecule has 0 aliphatic carbocycles. The van der Waals surface area contributed by atoms with Crippen LogP contribution in [-0.4, -0.2) is 51.7 Å². The predicted molar refractivity (Wildman–Crippen MR) is 78.0 cm³/mol. The fourth-order valence-electron chi connectivity index (χ4n) is 2.04. The van der Waals surface area contributed by atoms with Crippen LogP contribution in [0.4, 0.5) is 0 Å². The Balaban J connectivity index is 2.19. The number of nitrogens with zero attached hydrogens (tertiary/aromatic N) is 3. The third kappa shape index (κ3) is 3.81. The number of hydrogen-bond donors (Lipinski definition) is 3. The lowest BCUT2D eigenvalue weighted by Crippen LogP contribution is -2.56. The molecule has 3 unspecified atom stereocenters. The minimum absolute atomic E-state index is 0.446. The molecule has 114 valence electrons. The molecule has 9 heteroatoms. The van der Waals surface area contributed by atoms with Crippen LogP contribution >= 0.6 is 23.4 Å². The zero-order valence-corrected chi connectivity index (χ0v) is 12.4. The summed E-state index contributed by atoms with van der Waals surface area (Å²) < 4.78 is 5.47. The molecular weight excluding hydrogens is 318 g/mol. The average Bonchev–Trinajstić information content (AvgIpc) is 2.46. The Kier molecular flexibility index (Phi) is 5.72. The van der Waals surface area contributed by atoms with Gasteiger partial charge in [-0.1, -0.05) is 34.5 Å². The molecule has 7 nitrogen and oxygen atoms in total. The summed E-state index contributed by atoms with van der Waals surface area (Å²) in [6, 6.07) is 5.87. The van der Waals surface area contributed by atoms with Crippen molar-refractivity contribution in [3.8, 4) is 0 Å². The molecule has 1 aliphatic heterocycles. The van der Waals surface area contributed by atoms with E-state index in [9.17, 15) is 15.3 Å². The first kappa shape index (κ1) is 16.4. The predicted octanol–water partition coefficient (Wildman–Crippen LogP) is 1.55. The van der Waals surface area contributed by atoms with Crippen LogP contribution in [0.3, 0.4) is 0 Å². The smallest absolute Gasteiger partial charge is 0.134 e. The van der Waals surface area contributed by atoms with E-state index in [0.29, 0.717) is 5.02 Å². The monoisotopic (exact) mass is 331 g/mol. The first-order chi connectivity index (χ1) is 10.1. The maximum absolute atomic E-state index is 10.2. The van der Waals surface area contributed by atoms with Crippen molar-refractivity contribution >= 4 is 23.4 Å². The van der Waals surface area contributed by atoms with Crippen LogP contribution in [0.2, 0.25) is 5.02 Å². The quantitative estimate of drug-likeness (QED) is 0.439. The lowest BCUT2D eigenvalue weighted by atomic mass is 9.98. The first-order valence-electron chi connectivity index (χ1n) is 6.15. The van der Waals surface area contributed by atoms with Crippen LogP contribution < -0.4 is 0 Å². The molecule has 1 saturated heterocycles. The van der Waals surface area contributed by atoms with E-state index in [1.54, 1.807) is 24.3 Å². The number of hydrogen-bond acceptors (Lipinski definition) is 6. The van der Waals surface area contributed by atoms with E-state index in [4.69, 9.17) is 21.9 Å². The zero-order chi connectivity index (χ0) is 15.4. The van der Waals surface area contributed by atoms with Gasteiger partial charge < -0.3 is 20.1 Å². The molecule has 1 aromatic rings. The van der Waals surface area contributed by atoms with Gasteiger partial charge in [0, 0.05) is 14.8 Å². The van der Waals surface area contributed by atoms with Crippen LogP contribution in [-0.2, 0) is 4.74 Å². The molecule has 1 fully saturated rings. The van der Waals surface area contributed by atoms with Crippen LogP contribution in [0.5, 0.6) is 0 Å². The molecular formula is C12H14ClN3O4S. The van der Waals surface area contributed by atoms with Gasteiger partial charge >= 0.3 is 0 Å². The summed E-state index contributed by atoms with van der Waals surface area (Å²) in [6.45, 7) is -0.446. The highest BCUT2D eigenvalue weighted by molar-refractivity contribution is 7.99. The minimum Gasteiger partial charge on any atom is -0.394 e. The third-order valence-electron chi connectivity index (χ3n) is 3.08. The van der Waals surface area contributed by atoms with Crippen LogP contribution in [0.15, 0.2) is 34.3 Å². The molecule has 1 aliphatic rings. The second kappa shape index (κ2) is 7.33. The molecule has 1 heterocycles. The molecule has 0 aromatic heterocycles. The maximum Gasteiger partial charge on any atom is 0.134 e. The van der Waals surface area contributed by atoms with Crippen molar-refractivity contribution in [3.63, 3.8) is 0 Å². The van der Waals surface area contributed by atoms with Crippen LogP contribution in [0.1, 0.15) is 0 Å². The second-order valence-electron chi connectivity index (χ2n) is 4.48. The van der Waals surface area contributed by atoms with Crippen molar-refractivity contribution in [2.75, 3.05) is 6.61 Å². The van der Waals surface area contributed by atoms with Gasteiger partial charge in [-0.3, -0.25) is 0 Å². The standard InChI is InChI=1S/C12H14ClN3O4S/c13-6-2-1-3-7(4-6)21-12-11(19)9(15-16-14)10(18)8(5-17)20-12/h1-4,8-12,17-19H,5H2/t8?,9?,10-,11?,12+/m0/s1. The average molecular weight is 332 g/mol. The summed E-state index contributed by atoms with van der Waals surface area (Å²) in [6.07, 6.45) is -3.40. The Morgan fingerprint density at radius 1 is 1.38 bits per heavy atom. The molecule has 0 amide bonds. The van der Waals surface area contributed by atoms with Gasteiger partial charge in [0.1, 0.15) is 17.6 Å². The van der Waals surface area contributed by atoms with Gasteiger partial charge in [-0.25, -0.2) is 0 Å². The largest absolute Gasteiger partial charge is 0.394 e. The van der Waals surface area contributed by atoms with Gasteiger partial charge in [0.15, 0.2) is 0 Å². The van der Waals surface area contributed by atoms with Gasteiger partial charge in [-0.05, 0) is 23.7 Å². The number of aliphatic hydroxyl groups is 3. The SMILES string of the molecule is [N-]=[N+]=NC1C(O)[C@@H](Sc2cccc(Cl)c2)OC(CO)[C@@H]1O. The van der Waals surface area contributed by atoms with Crippen molar-refractivity contribution in [1.82, 2.24) is 0 Å². The lowest BCUT2D eigenvalue weighted by Gasteiger charge is -2.40. The molecule has 21 heavy (non-hydrogen) atoms. The van der Waals surface area contributed by atoms with Gasteiger partial charge in [-0.15, -0.1) is 0 Å². The third-order valence-corrected chi connectivity index (χ3v) is 4.47. The van der Waals surface area contributed by atoms with Gasteiger partial charge in [-0.2, -0.15) is 0 Å². The number of rotatable bonds is 4.